The number of methoxy groups -OCH3 is 1. The maximum Gasteiger partial charge on any atom is 0.389 e. The Morgan fingerprint density at radius 1 is 1.32 bits per heavy atom. The van der Waals surface area contributed by atoms with Gasteiger partial charge in [0, 0.05) is 12.0 Å². The zero-order chi connectivity index (χ0) is 23.6. The maximum atomic E-state index is 12.5. The van der Waals surface area contributed by atoms with E-state index >= 15 is 0 Å². The Hall–Kier alpha value is -2.05. The van der Waals surface area contributed by atoms with Gasteiger partial charge in [-0.2, -0.15) is 17.5 Å². The molecule has 12 heteroatoms. The number of benzene rings is 1. The van der Waals surface area contributed by atoms with Gasteiger partial charge in [-0.1, -0.05) is 0 Å². The lowest BCUT2D eigenvalue weighted by Crippen LogP contribution is -2.55. The Labute approximate surface area is 178 Å². The van der Waals surface area contributed by atoms with Gasteiger partial charge in [0.15, 0.2) is 0 Å². The summed E-state index contributed by atoms with van der Waals surface area (Å²) in [5, 5.41) is 10.9. The summed E-state index contributed by atoms with van der Waals surface area (Å²) < 4.78 is 78.4. The lowest BCUT2D eigenvalue weighted by atomic mass is 9.86. The molecule has 1 N–H and O–H groups in total. The molecule has 0 spiro atoms. The minimum Gasteiger partial charge on any atom is -0.494 e. The monoisotopic (exact) mass is 469 g/mol. The predicted molar refractivity (Wildman–Crippen MR) is 104 cm³/mol. The van der Waals surface area contributed by atoms with Gasteiger partial charge >= 0.3 is 12.1 Å². The van der Waals surface area contributed by atoms with Crippen LogP contribution in [0.25, 0.3) is 0 Å². The third-order valence-corrected chi connectivity index (χ3v) is 6.01. The van der Waals surface area contributed by atoms with Crippen LogP contribution in [0.15, 0.2) is 18.2 Å². The van der Waals surface area contributed by atoms with E-state index < -0.39 is 52.9 Å². The first-order chi connectivity index (χ1) is 14.2. The zero-order valence-electron chi connectivity index (χ0n) is 17.6. The normalized spacial score (nSPS) is 20.7. The molecule has 1 aromatic carbocycles. The van der Waals surface area contributed by atoms with Crippen LogP contribution in [0.2, 0.25) is 0 Å². The lowest BCUT2D eigenvalue weighted by molar-refractivity contribution is -0.143. The van der Waals surface area contributed by atoms with Crippen LogP contribution < -0.4 is 9.47 Å². The van der Waals surface area contributed by atoms with Gasteiger partial charge < -0.3 is 19.3 Å². The molecule has 1 aliphatic heterocycles. The van der Waals surface area contributed by atoms with Gasteiger partial charge in [0.1, 0.15) is 29.7 Å². The number of ether oxygens (including phenoxy) is 3. The molecule has 0 saturated carbocycles. The van der Waals surface area contributed by atoms with Gasteiger partial charge in [-0.3, -0.25) is 4.79 Å². The van der Waals surface area contributed by atoms with E-state index in [-0.39, 0.29) is 30.1 Å². The zero-order valence-corrected chi connectivity index (χ0v) is 18.4. The van der Waals surface area contributed by atoms with Crippen LogP contribution in [0.4, 0.5) is 13.2 Å². The second-order valence-electron chi connectivity index (χ2n) is 7.75. The van der Waals surface area contributed by atoms with Gasteiger partial charge in [0.05, 0.1) is 26.0 Å². The summed E-state index contributed by atoms with van der Waals surface area (Å²) in [7, 11) is -2.89. The van der Waals surface area contributed by atoms with E-state index in [2.05, 4.69) is 4.74 Å². The molecule has 0 fully saturated rings. The Morgan fingerprint density at radius 3 is 2.52 bits per heavy atom. The van der Waals surface area contributed by atoms with Crippen molar-refractivity contribution in [1.29, 1.82) is 0 Å². The summed E-state index contributed by atoms with van der Waals surface area (Å²) in [5.74, 6) is -0.405. The van der Waals surface area contributed by atoms with Crippen LogP contribution >= 0.6 is 0 Å². The number of alkyl halides is 3. The average molecular weight is 469 g/mol. The Balaban J connectivity index is 2.41. The van der Waals surface area contributed by atoms with Crippen LogP contribution in [0.5, 0.6) is 11.5 Å². The molecule has 2 atom stereocenters. The summed E-state index contributed by atoms with van der Waals surface area (Å²) in [5.41, 5.74) is -0.985. The van der Waals surface area contributed by atoms with Crippen molar-refractivity contribution < 1.29 is 45.7 Å². The van der Waals surface area contributed by atoms with Crippen LogP contribution in [0.3, 0.4) is 0 Å². The molecule has 31 heavy (non-hydrogen) atoms. The first-order valence-corrected chi connectivity index (χ1v) is 11.2. The molecule has 1 aromatic rings. The van der Waals surface area contributed by atoms with Crippen LogP contribution in [0, 0.1) is 0 Å². The number of rotatable bonds is 8. The molecular weight excluding hydrogens is 443 g/mol. The quantitative estimate of drug-likeness (QED) is 0.461. The van der Waals surface area contributed by atoms with E-state index in [1.54, 1.807) is 13.8 Å². The number of hydrogen-bond acceptors (Lipinski definition) is 7. The van der Waals surface area contributed by atoms with Gasteiger partial charge in [-0.25, -0.2) is 8.42 Å². The van der Waals surface area contributed by atoms with Gasteiger partial charge in [0.25, 0.3) is 0 Å². The topological polar surface area (TPSA) is 102 Å². The molecule has 1 heterocycles. The fraction of sp³-hybridized carbons (Fsp3) is 0.632. The van der Waals surface area contributed by atoms with E-state index in [1.165, 1.54) is 18.2 Å². The van der Waals surface area contributed by atoms with Crippen molar-refractivity contribution in [3.63, 3.8) is 0 Å². The Bertz CT molecular complexity index is 902. The molecular formula is C19H26F3NO7S. The smallest absolute Gasteiger partial charge is 0.389 e. The second kappa shape index (κ2) is 9.21. The number of aliphatic hydroxyl groups excluding tert-OH is 1. The molecule has 2 rings (SSSR count). The molecule has 0 bridgehead atoms. The van der Waals surface area contributed by atoms with E-state index in [9.17, 15) is 31.5 Å². The molecule has 176 valence electrons. The third kappa shape index (κ3) is 6.47. The lowest BCUT2D eigenvalue weighted by Gasteiger charge is -2.45. The fourth-order valence-corrected chi connectivity index (χ4v) is 4.20. The average Bonchev–Trinajstić information content (AvgIpc) is 2.63. The van der Waals surface area contributed by atoms with Crippen molar-refractivity contribution in [2.24, 2.45) is 0 Å². The van der Waals surface area contributed by atoms with Crippen LogP contribution in [-0.4, -0.2) is 68.2 Å². The first kappa shape index (κ1) is 25.2. The van der Waals surface area contributed by atoms with Crippen molar-refractivity contribution in [3.05, 3.63) is 23.8 Å². The highest BCUT2D eigenvalue weighted by Crippen LogP contribution is 2.45. The molecule has 0 amide bonds. The van der Waals surface area contributed by atoms with Crippen molar-refractivity contribution >= 4 is 16.0 Å². The number of halogens is 3. The minimum atomic E-state index is -4.29. The molecule has 0 saturated heterocycles. The number of sulfonamides is 1. The van der Waals surface area contributed by atoms with Gasteiger partial charge in [-0.05, 0) is 38.5 Å². The number of hydrogen-bond donors (Lipinski definition) is 1. The Morgan fingerprint density at radius 2 is 1.97 bits per heavy atom. The standard InChI is InChI=1S/C19H26F3NO7S/c1-18(2)17(25)16(23(31(4,26)27)11-15(24)28-3)13-10-12(6-7-14(13)30-18)29-9-5-8-19(20,21)22/h6-7,10,16-17,25H,5,8-9,11H2,1-4H3. The highest BCUT2D eigenvalue weighted by molar-refractivity contribution is 7.88. The molecule has 8 nitrogen and oxygen atoms in total. The van der Waals surface area contributed by atoms with Crippen LogP contribution in [0.1, 0.15) is 38.3 Å². The highest BCUT2D eigenvalue weighted by atomic mass is 32.2. The molecule has 0 radical (unpaired) electrons. The fourth-order valence-electron chi connectivity index (χ4n) is 3.22. The number of nitrogens with zero attached hydrogens (tertiary/aromatic N) is 1. The number of aliphatic hydroxyl groups is 1. The second-order valence-corrected chi connectivity index (χ2v) is 9.68. The van der Waals surface area contributed by atoms with E-state index in [1.807, 2.05) is 0 Å². The predicted octanol–water partition coefficient (Wildman–Crippen LogP) is 2.42. The van der Waals surface area contributed by atoms with Crippen molar-refractivity contribution in [1.82, 2.24) is 4.31 Å². The summed E-state index contributed by atoms with van der Waals surface area (Å²) in [6, 6.07) is 3.13. The van der Waals surface area contributed by atoms with Gasteiger partial charge in [0.2, 0.25) is 10.0 Å². The van der Waals surface area contributed by atoms with Crippen molar-refractivity contribution in [2.75, 3.05) is 26.5 Å². The summed E-state index contributed by atoms with van der Waals surface area (Å²) in [6.07, 6.45) is -6.04. The summed E-state index contributed by atoms with van der Waals surface area (Å²) in [4.78, 5) is 11.9. The van der Waals surface area contributed by atoms with Crippen molar-refractivity contribution in [2.45, 2.75) is 50.6 Å². The molecule has 0 aliphatic carbocycles. The van der Waals surface area contributed by atoms with Gasteiger partial charge in [-0.15, -0.1) is 0 Å². The first-order valence-electron chi connectivity index (χ1n) is 9.40. The van der Waals surface area contributed by atoms with E-state index in [0.717, 1.165) is 17.7 Å². The molecule has 1 aliphatic rings. The van der Waals surface area contributed by atoms with E-state index in [4.69, 9.17) is 9.47 Å². The summed E-state index contributed by atoms with van der Waals surface area (Å²) >= 11 is 0. The number of esters is 1. The SMILES string of the molecule is COC(=O)CN(C1c2cc(OCCCC(F)(F)F)ccc2OC(C)(C)C1O)S(C)(=O)=O. The number of fused-ring (bicyclic) bond motifs is 1. The largest absolute Gasteiger partial charge is 0.494 e. The highest BCUT2D eigenvalue weighted by Gasteiger charge is 2.48. The molecule has 0 aromatic heterocycles. The van der Waals surface area contributed by atoms with Crippen LogP contribution in [-0.2, 0) is 19.6 Å². The number of carbonyl (C=O) groups excluding carboxylic acids is 1. The third-order valence-electron chi connectivity index (χ3n) is 4.81. The van der Waals surface area contributed by atoms with E-state index in [0.29, 0.717) is 0 Å². The summed E-state index contributed by atoms with van der Waals surface area (Å²) in [6.45, 7) is 2.26. The molecule has 2 unspecified atom stereocenters. The van der Waals surface area contributed by atoms with Crippen molar-refractivity contribution in [3.8, 4) is 11.5 Å². The number of carbonyl (C=O) groups is 1. The minimum absolute atomic E-state index is 0.174. The maximum absolute atomic E-state index is 12.5. The Kier molecular flexibility index (Phi) is 7.49.